The maximum Gasteiger partial charge on any atom is 0.278 e. The van der Waals surface area contributed by atoms with E-state index in [4.69, 9.17) is 9.15 Å². The molecule has 0 aliphatic heterocycles. The SMILES string of the molecule is COc1ccc(NC(=O)c2ncoc2-c2cccc(F)c2)cc1NC(=O)c1cccs1. The van der Waals surface area contributed by atoms with Crippen LogP contribution in [-0.2, 0) is 0 Å². The largest absolute Gasteiger partial charge is 0.495 e. The molecule has 0 spiro atoms. The number of rotatable bonds is 6. The maximum absolute atomic E-state index is 13.6. The van der Waals surface area contributed by atoms with Crippen molar-refractivity contribution < 1.29 is 23.1 Å². The van der Waals surface area contributed by atoms with E-state index in [0.29, 0.717) is 27.6 Å². The molecule has 0 aliphatic carbocycles. The Morgan fingerprint density at radius 2 is 1.94 bits per heavy atom. The number of aromatic nitrogens is 1. The molecule has 2 aromatic heterocycles. The fourth-order valence-corrected chi connectivity index (χ4v) is 3.53. The molecule has 2 aromatic carbocycles. The van der Waals surface area contributed by atoms with Gasteiger partial charge in [0, 0.05) is 11.3 Å². The molecule has 31 heavy (non-hydrogen) atoms. The summed E-state index contributed by atoms with van der Waals surface area (Å²) in [5, 5.41) is 7.29. The summed E-state index contributed by atoms with van der Waals surface area (Å²) in [6.45, 7) is 0. The predicted octanol–water partition coefficient (Wildman–Crippen LogP) is 5.06. The summed E-state index contributed by atoms with van der Waals surface area (Å²) in [6, 6.07) is 14.0. The number of methoxy groups -OCH3 is 1. The third-order valence-electron chi connectivity index (χ3n) is 4.32. The van der Waals surface area contributed by atoms with Crippen LogP contribution >= 0.6 is 11.3 Å². The van der Waals surface area contributed by atoms with Crippen molar-refractivity contribution in [3.05, 3.63) is 82.8 Å². The zero-order valence-corrected chi connectivity index (χ0v) is 17.0. The number of oxazole rings is 1. The molecule has 7 nitrogen and oxygen atoms in total. The molecule has 4 rings (SSSR count). The molecule has 0 aliphatic rings. The molecule has 2 amide bonds. The molecule has 0 radical (unpaired) electrons. The molecule has 0 unspecified atom stereocenters. The van der Waals surface area contributed by atoms with Crippen LogP contribution in [0, 0.1) is 5.82 Å². The zero-order chi connectivity index (χ0) is 21.8. The average Bonchev–Trinajstić information content (AvgIpc) is 3.46. The lowest BCUT2D eigenvalue weighted by Gasteiger charge is -2.12. The van der Waals surface area contributed by atoms with Gasteiger partial charge in [0.05, 0.1) is 17.7 Å². The van der Waals surface area contributed by atoms with Crippen molar-refractivity contribution >= 4 is 34.5 Å². The van der Waals surface area contributed by atoms with Crippen LogP contribution in [0.25, 0.3) is 11.3 Å². The minimum absolute atomic E-state index is 0.00518. The van der Waals surface area contributed by atoms with Crippen LogP contribution in [0.1, 0.15) is 20.2 Å². The number of hydrogen-bond acceptors (Lipinski definition) is 6. The van der Waals surface area contributed by atoms with Gasteiger partial charge in [0.1, 0.15) is 11.6 Å². The topological polar surface area (TPSA) is 93.5 Å². The van der Waals surface area contributed by atoms with Crippen molar-refractivity contribution in [1.82, 2.24) is 4.98 Å². The number of carbonyl (C=O) groups excluding carboxylic acids is 2. The Labute approximate surface area is 180 Å². The third kappa shape index (κ3) is 4.46. The minimum Gasteiger partial charge on any atom is -0.495 e. The van der Waals surface area contributed by atoms with Gasteiger partial charge in [-0.3, -0.25) is 9.59 Å². The number of thiophene rings is 1. The Bertz CT molecular complexity index is 1240. The fourth-order valence-electron chi connectivity index (χ4n) is 2.91. The van der Waals surface area contributed by atoms with Crippen LogP contribution in [0.2, 0.25) is 0 Å². The maximum atomic E-state index is 13.6. The van der Waals surface area contributed by atoms with Crippen LogP contribution in [0.15, 0.2) is 70.8 Å². The normalized spacial score (nSPS) is 10.5. The number of benzene rings is 2. The summed E-state index contributed by atoms with van der Waals surface area (Å²) in [7, 11) is 1.48. The summed E-state index contributed by atoms with van der Waals surface area (Å²) in [5.74, 6) is -0.710. The number of nitrogens with one attached hydrogen (secondary N) is 2. The summed E-state index contributed by atoms with van der Waals surface area (Å²) in [4.78, 5) is 29.7. The molecule has 0 atom stereocenters. The molecule has 2 N–H and O–H groups in total. The first kappa shape index (κ1) is 20.3. The highest BCUT2D eigenvalue weighted by Crippen LogP contribution is 2.30. The molecule has 0 fully saturated rings. The van der Waals surface area contributed by atoms with Gasteiger partial charge in [-0.2, -0.15) is 0 Å². The fraction of sp³-hybridized carbons (Fsp3) is 0.0455. The first-order valence-corrected chi connectivity index (χ1v) is 9.97. The summed E-state index contributed by atoms with van der Waals surface area (Å²) >= 11 is 1.31. The zero-order valence-electron chi connectivity index (χ0n) is 16.2. The van der Waals surface area contributed by atoms with E-state index >= 15 is 0 Å². The second-order valence-electron chi connectivity index (χ2n) is 6.34. The van der Waals surface area contributed by atoms with Crippen LogP contribution < -0.4 is 15.4 Å². The van der Waals surface area contributed by atoms with Gasteiger partial charge in [-0.05, 0) is 41.8 Å². The van der Waals surface area contributed by atoms with Crippen LogP contribution in [0.3, 0.4) is 0 Å². The number of carbonyl (C=O) groups is 2. The number of hydrogen-bond donors (Lipinski definition) is 2. The van der Waals surface area contributed by atoms with E-state index in [1.54, 1.807) is 41.8 Å². The van der Waals surface area contributed by atoms with Gasteiger partial charge in [-0.1, -0.05) is 18.2 Å². The van der Waals surface area contributed by atoms with E-state index in [1.807, 2.05) is 0 Å². The van der Waals surface area contributed by atoms with Crippen LogP contribution in [0.4, 0.5) is 15.8 Å². The Kier molecular flexibility index (Phi) is 5.76. The van der Waals surface area contributed by atoms with Crippen molar-refractivity contribution in [1.29, 1.82) is 0 Å². The van der Waals surface area contributed by atoms with Gasteiger partial charge >= 0.3 is 0 Å². The van der Waals surface area contributed by atoms with E-state index in [0.717, 1.165) is 6.39 Å². The molecular formula is C22H16FN3O4S. The van der Waals surface area contributed by atoms with E-state index < -0.39 is 11.7 Å². The Morgan fingerprint density at radius 1 is 1.06 bits per heavy atom. The second kappa shape index (κ2) is 8.80. The lowest BCUT2D eigenvalue weighted by atomic mass is 10.1. The number of ether oxygens (including phenoxy) is 1. The summed E-state index contributed by atoms with van der Waals surface area (Å²) in [5.41, 5.74) is 1.19. The van der Waals surface area contributed by atoms with E-state index in [2.05, 4.69) is 15.6 Å². The number of anilines is 2. The van der Waals surface area contributed by atoms with Crippen LogP contribution in [-0.4, -0.2) is 23.9 Å². The highest BCUT2D eigenvalue weighted by Gasteiger charge is 2.20. The highest BCUT2D eigenvalue weighted by molar-refractivity contribution is 7.12. The molecule has 0 bridgehead atoms. The summed E-state index contributed by atoms with van der Waals surface area (Å²) in [6.07, 6.45) is 1.12. The monoisotopic (exact) mass is 437 g/mol. The molecule has 0 saturated carbocycles. The van der Waals surface area contributed by atoms with E-state index in [1.165, 1.54) is 36.6 Å². The Balaban J connectivity index is 1.57. The Morgan fingerprint density at radius 3 is 2.68 bits per heavy atom. The molecule has 0 saturated heterocycles. The number of nitrogens with zero attached hydrogens (tertiary/aromatic N) is 1. The van der Waals surface area contributed by atoms with Crippen molar-refractivity contribution in [3.8, 4) is 17.1 Å². The number of amides is 2. The van der Waals surface area contributed by atoms with Gasteiger partial charge in [0.25, 0.3) is 11.8 Å². The summed E-state index contributed by atoms with van der Waals surface area (Å²) < 4.78 is 24.2. The first-order valence-electron chi connectivity index (χ1n) is 9.09. The van der Waals surface area contributed by atoms with E-state index in [9.17, 15) is 14.0 Å². The van der Waals surface area contributed by atoms with Gasteiger partial charge < -0.3 is 19.8 Å². The first-order chi connectivity index (χ1) is 15.0. The van der Waals surface area contributed by atoms with Gasteiger partial charge in [-0.25, -0.2) is 9.37 Å². The lowest BCUT2D eigenvalue weighted by molar-refractivity contribution is 0.101. The molecule has 2 heterocycles. The van der Waals surface area contributed by atoms with Crippen molar-refractivity contribution in [3.63, 3.8) is 0 Å². The van der Waals surface area contributed by atoms with Crippen molar-refractivity contribution in [2.24, 2.45) is 0 Å². The predicted molar refractivity (Wildman–Crippen MR) is 115 cm³/mol. The van der Waals surface area contributed by atoms with Gasteiger partial charge in [-0.15, -0.1) is 11.3 Å². The van der Waals surface area contributed by atoms with E-state index in [-0.39, 0.29) is 17.4 Å². The minimum atomic E-state index is -0.547. The van der Waals surface area contributed by atoms with Crippen molar-refractivity contribution in [2.75, 3.05) is 17.7 Å². The second-order valence-corrected chi connectivity index (χ2v) is 7.29. The Hall–Kier alpha value is -3.98. The van der Waals surface area contributed by atoms with Gasteiger partial charge in [0.15, 0.2) is 17.8 Å². The smallest absolute Gasteiger partial charge is 0.278 e. The lowest BCUT2D eigenvalue weighted by Crippen LogP contribution is -2.15. The van der Waals surface area contributed by atoms with Gasteiger partial charge in [0.2, 0.25) is 0 Å². The molecular weight excluding hydrogens is 421 g/mol. The quantitative estimate of drug-likeness (QED) is 0.440. The molecule has 156 valence electrons. The molecule has 4 aromatic rings. The number of halogens is 1. The third-order valence-corrected chi connectivity index (χ3v) is 5.19. The van der Waals surface area contributed by atoms with Crippen LogP contribution in [0.5, 0.6) is 5.75 Å². The highest BCUT2D eigenvalue weighted by atomic mass is 32.1. The standard InChI is InChI=1S/C22H16FN3O4S/c1-29-17-8-7-15(11-16(17)26-21(27)18-6-3-9-31-18)25-22(28)19-20(30-12-24-19)13-4-2-5-14(23)10-13/h2-12H,1H3,(H,25,28)(H,26,27). The average molecular weight is 437 g/mol. The molecule has 9 heteroatoms. The van der Waals surface area contributed by atoms with Crippen molar-refractivity contribution in [2.45, 2.75) is 0 Å².